The van der Waals surface area contributed by atoms with E-state index in [4.69, 9.17) is 5.11 Å². The molecule has 80 valence electrons. The summed E-state index contributed by atoms with van der Waals surface area (Å²) in [6.07, 6.45) is -6.35. The van der Waals surface area contributed by atoms with Gasteiger partial charge in [-0.15, -0.1) is 5.10 Å². The number of rotatable bonds is 3. The molecule has 0 radical (unpaired) electrons. The van der Waals surface area contributed by atoms with Gasteiger partial charge in [0.15, 0.2) is 6.10 Å². The maximum Gasteiger partial charge on any atom is 0.425 e. The van der Waals surface area contributed by atoms with Crippen LogP contribution in [0.3, 0.4) is 0 Å². The second-order valence-electron chi connectivity index (χ2n) is 2.42. The SMILES string of the molecule is CC(Oc1nnc(CO)s1)C(F)(F)F. The van der Waals surface area contributed by atoms with Gasteiger partial charge in [0, 0.05) is 0 Å². The Morgan fingerprint density at radius 2 is 2.14 bits per heavy atom. The van der Waals surface area contributed by atoms with Gasteiger partial charge in [-0.25, -0.2) is 0 Å². The fourth-order valence-electron chi connectivity index (χ4n) is 0.568. The van der Waals surface area contributed by atoms with Gasteiger partial charge in [0.1, 0.15) is 5.01 Å². The normalized spacial score (nSPS) is 14.1. The Labute approximate surface area is 81.3 Å². The lowest BCUT2D eigenvalue weighted by Gasteiger charge is -2.14. The predicted molar refractivity (Wildman–Crippen MR) is 42.0 cm³/mol. The summed E-state index contributed by atoms with van der Waals surface area (Å²) in [5.41, 5.74) is 0. The van der Waals surface area contributed by atoms with Gasteiger partial charge in [-0.1, -0.05) is 16.4 Å². The number of aromatic nitrogens is 2. The standard InChI is InChI=1S/C6H7F3N2O2S/c1-3(6(7,8)9)13-5-11-10-4(2-12)14-5/h3,12H,2H2,1H3. The highest BCUT2D eigenvalue weighted by atomic mass is 32.1. The minimum atomic E-state index is -4.43. The Morgan fingerprint density at radius 3 is 2.57 bits per heavy atom. The monoisotopic (exact) mass is 228 g/mol. The molecular formula is C6H7F3N2O2S. The van der Waals surface area contributed by atoms with Crippen LogP contribution in [0.2, 0.25) is 0 Å². The van der Waals surface area contributed by atoms with Crippen LogP contribution in [0.4, 0.5) is 13.2 Å². The van der Waals surface area contributed by atoms with Gasteiger partial charge in [0.25, 0.3) is 5.19 Å². The van der Waals surface area contributed by atoms with Crippen molar-refractivity contribution in [3.63, 3.8) is 0 Å². The summed E-state index contributed by atoms with van der Waals surface area (Å²) < 4.78 is 40.5. The molecule has 0 amide bonds. The molecule has 0 aliphatic heterocycles. The highest BCUT2D eigenvalue weighted by Crippen LogP contribution is 2.26. The number of alkyl halides is 3. The summed E-state index contributed by atoms with van der Waals surface area (Å²) in [6, 6.07) is 0. The van der Waals surface area contributed by atoms with Crippen molar-refractivity contribution in [2.45, 2.75) is 25.8 Å². The first-order chi connectivity index (χ1) is 6.43. The van der Waals surface area contributed by atoms with Gasteiger partial charge in [-0.2, -0.15) is 13.2 Å². The molecule has 1 unspecified atom stereocenters. The lowest BCUT2D eigenvalue weighted by atomic mass is 10.4. The summed E-state index contributed by atoms with van der Waals surface area (Å²) in [5, 5.41) is 15.3. The highest BCUT2D eigenvalue weighted by Gasteiger charge is 2.38. The van der Waals surface area contributed by atoms with Crippen LogP contribution in [0.5, 0.6) is 5.19 Å². The molecule has 1 aromatic rings. The molecule has 0 fully saturated rings. The topological polar surface area (TPSA) is 55.2 Å². The molecule has 1 atom stereocenters. The molecule has 0 aliphatic carbocycles. The Hall–Kier alpha value is -0.890. The van der Waals surface area contributed by atoms with Crippen molar-refractivity contribution in [2.75, 3.05) is 0 Å². The van der Waals surface area contributed by atoms with E-state index >= 15 is 0 Å². The lowest BCUT2D eigenvalue weighted by Crippen LogP contribution is -2.31. The van der Waals surface area contributed by atoms with Crippen molar-refractivity contribution >= 4 is 11.3 Å². The molecule has 1 aromatic heterocycles. The van der Waals surface area contributed by atoms with E-state index in [1.807, 2.05) is 0 Å². The van der Waals surface area contributed by atoms with Crippen molar-refractivity contribution in [3.05, 3.63) is 5.01 Å². The molecule has 0 saturated carbocycles. The van der Waals surface area contributed by atoms with E-state index in [2.05, 4.69) is 14.9 Å². The van der Waals surface area contributed by atoms with Crippen molar-refractivity contribution < 1.29 is 23.0 Å². The van der Waals surface area contributed by atoms with E-state index in [1.165, 1.54) is 0 Å². The van der Waals surface area contributed by atoms with Crippen LogP contribution in [-0.4, -0.2) is 27.6 Å². The maximum absolute atomic E-state index is 12.0. The van der Waals surface area contributed by atoms with Crippen LogP contribution in [-0.2, 0) is 6.61 Å². The smallest absolute Gasteiger partial charge is 0.425 e. The van der Waals surface area contributed by atoms with Gasteiger partial charge in [0.05, 0.1) is 6.61 Å². The van der Waals surface area contributed by atoms with Gasteiger partial charge < -0.3 is 9.84 Å². The Morgan fingerprint density at radius 1 is 1.50 bits per heavy atom. The van der Waals surface area contributed by atoms with Crippen molar-refractivity contribution in [3.8, 4) is 5.19 Å². The number of aliphatic hydroxyl groups excluding tert-OH is 1. The number of ether oxygens (including phenoxy) is 1. The zero-order valence-electron chi connectivity index (χ0n) is 7.08. The minimum Gasteiger partial charge on any atom is -0.456 e. The predicted octanol–water partition coefficient (Wildman–Crippen LogP) is 1.36. The number of aliphatic hydroxyl groups is 1. The molecule has 0 aromatic carbocycles. The van der Waals surface area contributed by atoms with Crippen LogP contribution in [0.15, 0.2) is 0 Å². The Kier molecular flexibility index (Phi) is 3.27. The zero-order valence-corrected chi connectivity index (χ0v) is 7.89. The van der Waals surface area contributed by atoms with E-state index < -0.39 is 12.3 Å². The number of hydrogen-bond acceptors (Lipinski definition) is 5. The van der Waals surface area contributed by atoms with Crippen LogP contribution in [0.25, 0.3) is 0 Å². The molecule has 4 nitrogen and oxygen atoms in total. The largest absolute Gasteiger partial charge is 0.456 e. The quantitative estimate of drug-likeness (QED) is 0.848. The first-order valence-corrected chi connectivity index (χ1v) is 4.41. The summed E-state index contributed by atoms with van der Waals surface area (Å²) >= 11 is 0.783. The molecule has 0 saturated heterocycles. The van der Waals surface area contributed by atoms with E-state index in [0.29, 0.717) is 0 Å². The molecule has 8 heteroatoms. The molecule has 14 heavy (non-hydrogen) atoms. The third kappa shape index (κ3) is 2.81. The third-order valence-corrected chi connectivity index (χ3v) is 2.12. The second kappa shape index (κ2) is 4.09. The summed E-state index contributed by atoms with van der Waals surface area (Å²) in [6.45, 7) is 0.515. The molecule has 1 N–H and O–H groups in total. The Balaban J connectivity index is 2.60. The van der Waals surface area contributed by atoms with Gasteiger partial charge in [-0.3, -0.25) is 0 Å². The fraction of sp³-hybridized carbons (Fsp3) is 0.667. The van der Waals surface area contributed by atoms with Crippen molar-refractivity contribution in [1.29, 1.82) is 0 Å². The number of halogens is 3. The molecular weight excluding hydrogens is 221 g/mol. The first-order valence-electron chi connectivity index (χ1n) is 3.60. The third-order valence-electron chi connectivity index (χ3n) is 1.32. The van der Waals surface area contributed by atoms with Crippen LogP contribution < -0.4 is 4.74 Å². The van der Waals surface area contributed by atoms with E-state index in [1.54, 1.807) is 0 Å². The van der Waals surface area contributed by atoms with E-state index in [0.717, 1.165) is 18.3 Å². The van der Waals surface area contributed by atoms with Crippen molar-refractivity contribution in [1.82, 2.24) is 10.2 Å². The maximum atomic E-state index is 12.0. The van der Waals surface area contributed by atoms with Gasteiger partial charge >= 0.3 is 6.18 Å². The van der Waals surface area contributed by atoms with Crippen LogP contribution in [0, 0.1) is 0 Å². The van der Waals surface area contributed by atoms with E-state index in [9.17, 15) is 13.2 Å². The fourth-order valence-corrected chi connectivity index (χ4v) is 1.19. The lowest BCUT2D eigenvalue weighted by molar-refractivity contribution is -0.189. The summed E-state index contributed by atoms with van der Waals surface area (Å²) in [7, 11) is 0. The number of nitrogens with zero attached hydrogens (tertiary/aromatic N) is 2. The van der Waals surface area contributed by atoms with Gasteiger partial charge in [-0.05, 0) is 6.92 Å². The van der Waals surface area contributed by atoms with Crippen molar-refractivity contribution in [2.24, 2.45) is 0 Å². The molecule has 1 heterocycles. The van der Waals surface area contributed by atoms with Gasteiger partial charge in [0.2, 0.25) is 0 Å². The first kappa shape index (κ1) is 11.2. The summed E-state index contributed by atoms with van der Waals surface area (Å²) in [5.74, 6) is 0. The minimum absolute atomic E-state index is 0.195. The molecule has 0 bridgehead atoms. The van der Waals surface area contributed by atoms with E-state index in [-0.39, 0.29) is 16.8 Å². The molecule has 0 aliphatic rings. The molecule has 0 spiro atoms. The van der Waals surface area contributed by atoms with Crippen LogP contribution >= 0.6 is 11.3 Å². The zero-order chi connectivity index (χ0) is 10.8. The summed E-state index contributed by atoms with van der Waals surface area (Å²) in [4.78, 5) is 0. The number of hydrogen-bond donors (Lipinski definition) is 1. The van der Waals surface area contributed by atoms with Crippen LogP contribution in [0.1, 0.15) is 11.9 Å². The average molecular weight is 228 g/mol. The average Bonchev–Trinajstić information content (AvgIpc) is 2.50. The molecule has 1 rings (SSSR count). The Bertz CT molecular complexity index is 302. The highest BCUT2D eigenvalue weighted by molar-refractivity contribution is 7.13. The second-order valence-corrected chi connectivity index (χ2v) is 3.45.